The van der Waals surface area contributed by atoms with Crippen molar-refractivity contribution in [3.63, 3.8) is 0 Å². The molecule has 0 saturated carbocycles. The van der Waals surface area contributed by atoms with Crippen LogP contribution in [0, 0.1) is 0 Å². The Kier molecular flexibility index (Phi) is 68.5. The van der Waals surface area contributed by atoms with E-state index in [4.69, 9.17) is 37.7 Å². The Hall–Kier alpha value is -3.88. The highest BCUT2D eigenvalue weighted by atomic mass is 31.2. The smallest absolute Gasteiger partial charge is 0.470 e. The van der Waals surface area contributed by atoms with Crippen molar-refractivity contribution in [2.75, 3.05) is 13.2 Å². The number of aliphatic hydroxyl groups is 4. The molecule has 2 aliphatic rings. The van der Waals surface area contributed by atoms with Gasteiger partial charge in [-0.2, -0.15) is 0 Å². The van der Waals surface area contributed by atoms with Crippen LogP contribution < -0.4 is 10.6 Å². The third-order valence-electron chi connectivity index (χ3n) is 23.4. The number of nitrogens with one attached hydrogen (secondary N) is 2. The number of esters is 4. The molecular formula is C93H173N2O23P. The summed E-state index contributed by atoms with van der Waals surface area (Å²) in [5.41, 5.74) is 0. The Labute approximate surface area is 719 Å². The fraction of sp³-hybridized carbons (Fsp3) is 0.925. The quantitative estimate of drug-likeness (QED) is 0.0118. The van der Waals surface area contributed by atoms with Crippen molar-refractivity contribution < 1.29 is 111 Å². The van der Waals surface area contributed by atoms with E-state index in [1.807, 2.05) is 0 Å². The van der Waals surface area contributed by atoms with Gasteiger partial charge in [0.2, 0.25) is 11.8 Å². The SMILES string of the molecule is CCCCCCCCCCCC(=O)OC(CCCCCCCCCCC)CC(=O)N[C@H]1[C@H](OCC2O[C@H](C(=O)O)[C@H](NC(=O)C[C@H](O)CCCCCCCCCCC)[C@@H](OC(=O)C[C@H](O)CCCCCCCCCCC)[C@@H]2O)O[C@H](CO)[C@@H](OP(=O)(O)O)[C@@H]1OC(=O)CC(CCCCCCCCCCC)OC(=O)CCCCCCCCCCC. The van der Waals surface area contributed by atoms with E-state index in [0.717, 1.165) is 244 Å². The Bertz CT molecular complexity index is 2590. The fourth-order valence-electron chi connectivity index (χ4n) is 16.3. The lowest BCUT2D eigenvalue weighted by Gasteiger charge is -2.46. The second-order valence-electron chi connectivity index (χ2n) is 34.6. The van der Waals surface area contributed by atoms with Crippen molar-refractivity contribution in [2.24, 2.45) is 0 Å². The zero-order chi connectivity index (χ0) is 87.4. The molecule has 0 radical (unpaired) electrons. The van der Waals surface area contributed by atoms with Gasteiger partial charge in [-0.1, -0.05) is 363 Å². The van der Waals surface area contributed by atoms with Crippen molar-refractivity contribution in [1.82, 2.24) is 10.6 Å². The van der Waals surface area contributed by atoms with Crippen LogP contribution in [0.15, 0.2) is 0 Å². The molecule has 0 bridgehead atoms. The molecule has 2 saturated heterocycles. The van der Waals surface area contributed by atoms with Gasteiger partial charge in [0, 0.05) is 12.8 Å². The number of hydrogen-bond donors (Lipinski definition) is 9. The van der Waals surface area contributed by atoms with Gasteiger partial charge in [0.25, 0.3) is 0 Å². The average molecular weight is 1720 g/mol. The van der Waals surface area contributed by atoms with Crippen LogP contribution >= 0.6 is 7.82 Å². The predicted molar refractivity (Wildman–Crippen MR) is 466 cm³/mol. The Morgan fingerprint density at radius 1 is 0.370 bits per heavy atom. The number of phosphoric ester groups is 1. The first kappa shape index (κ1) is 111. The number of carboxylic acids is 1. The first-order valence-electron chi connectivity index (χ1n) is 48.4. The number of carbonyl (C=O) groups is 7. The molecule has 0 aromatic carbocycles. The van der Waals surface area contributed by atoms with E-state index in [1.165, 1.54) is 64.2 Å². The number of rotatable bonds is 81. The monoisotopic (exact) mass is 1720 g/mol. The topological polar surface area (TPSA) is 376 Å². The summed E-state index contributed by atoms with van der Waals surface area (Å²) in [4.78, 5) is 121. The highest BCUT2D eigenvalue weighted by Crippen LogP contribution is 2.43. The van der Waals surface area contributed by atoms with Crippen molar-refractivity contribution in [2.45, 2.75) is 538 Å². The van der Waals surface area contributed by atoms with Gasteiger partial charge in [0.15, 0.2) is 24.6 Å². The van der Waals surface area contributed by atoms with Gasteiger partial charge in [-0.05, 0) is 51.4 Å². The lowest BCUT2D eigenvalue weighted by Crippen LogP contribution is -2.68. The van der Waals surface area contributed by atoms with Gasteiger partial charge < -0.3 is 79.1 Å². The van der Waals surface area contributed by atoms with E-state index in [2.05, 4.69) is 52.2 Å². The summed E-state index contributed by atoms with van der Waals surface area (Å²) in [6, 6.07) is -3.69. The summed E-state index contributed by atoms with van der Waals surface area (Å²) in [5, 5.41) is 62.4. The molecule has 698 valence electrons. The second kappa shape index (κ2) is 73.3. The average Bonchev–Trinajstić information content (AvgIpc) is 0.779. The molecule has 14 atom stereocenters. The third kappa shape index (κ3) is 57.4. The zero-order valence-electron chi connectivity index (χ0n) is 75.4. The third-order valence-corrected chi connectivity index (χ3v) is 23.9. The van der Waals surface area contributed by atoms with E-state index in [-0.39, 0.29) is 38.5 Å². The number of phosphoric acid groups is 1. The zero-order valence-corrected chi connectivity index (χ0v) is 76.3. The molecule has 2 aliphatic heterocycles. The number of hydrogen-bond acceptors (Lipinski definition) is 20. The van der Waals surface area contributed by atoms with Crippen LogP contribution in [0.5, 0.6) is 0 Å². The fourth-order valence-corrected chi connectivity index (χ4v) is 16.8. The van der Waals surface area contributed by atoms with Crippen molar-refractivity contribution in [3.05, 3.63) is 0 Å². The van der Waals surface area contributed by atoms with Crippen molar-refractivity contribution >= 4 is 49.5 Å². The maximum atomic E-state index is 15.1. The Balaban J connectivity index is 2.80. The van der Waals surface area contributed by atoms with Crippen LogP contribution in [0.4, 0.5) is 0 Å². The molecule has 0 aromatic rings. The van der Waals surface area contributed by atoms with E-state index in [0.29, 0.717) is 38.5 Å². The van der Waals surface area contributed by atoms with Crippen LogP contribution in [0.2, 0.25) is 0 Å². The molecule has 9 N–H and O–H groups in total. The van der Waals surface area contributed by atoms with Gasteiger partial charge >= 0.3 is 37.7 Å². The van der Waals surface area contributed by atoms with Crippen LogP contribution in [0.1, 0.15) is 452 Å². The normalized spacial score (nSPS) is 20.5. The van der Waals surface area contributed by atoms with Gasteiger partial charge in [0.1, 0.15) is 48.7 Å². The minimum atomic E-state index is -5.65. The summed E-state index contributed by atoms with van der Waals surface area (Å²) in [7, 11) is -5.65. The van der Waals surface area contributed by atoms with E-state index >= 15 is 4.79 Å². The molecule has 26 heteroatoms. The summed E-state index contributed by atoms with van der Waals surface area (Å²) in [6.07, 6.45) is 33.3. The second-order valence-corrected chi connectivity index (χ2v) is 35.8. The van der Waals surface area contributed by atoms with Crippen molar-refractivity contribution in [1.29, 1.82) is 0 Å². The highest BCUT2D eigenvalue weighted by Gasteiger charge is 2.55. The maximum absolute atomic E-state index is 15.1. The molecule has 2 fully saturated rings. The largest absolute Gasteiger partial charge is 0.479 e. The molecule has 0 aliphatic carbocycles. The Morgan fingerprint density at radius 2 is 0.689 bits per heavy atom. The number of carboxylic acid groups (broad SMARTS) is 1. The molecule has 0 aromatic heterocycles. The highest BCUT2D eigenvalue weighted by molar-refractivity contribution is 7.46. The first-order chi connectivity index (χ1) is 57.5. The molecule has 2 amide bonds. The number of carbonyl (C=O) groups excluding carboxylic acids is 6. The van der Waals surface area contributed by atoms with Crippen LogP contribution in [-0.2, 0) is 75.8 Å². The lowest BCUT2D eigenvalue weighted by atomic mass is 9.91. The number of ether oxygens (including phenoxy) is 7. The summed E-state index contributed by atoms with van der Waals surface area (Å²) in [6.45, 7) is 11.0. The minimum Gasteiger partial charge on any atom is -0.479 e. The van der Waals surface area contributed by atoms with Crippen LogP contribution in [0.25, 0.3) is 0 Å². The molecule has 3 unspecified atom stereocenters. The molecule has 25 nitrogen and oxygen atoms in total. The number of aliphatic hydroxyl groups excluding tert-OH is 4. The van der Waals surface area contributed by atoms with Gasteiger partial charge in [-0.25, -0.2) is 9.36 Å². The lowest BCUT2D eigenvalue weighted by molar-refractivity contribution is -0.286. The predicted octanol–water partition coefficient (Wildman–Crippen LogP) is 19.8. The van der Waals surface area contributed by atoms with E-state index in [9.17, 15) is 68.7 Å². The van der Waals surface area contributed by atoms with Crippen LogP contribution in [0.3, 0.4) is 0 Å². The van der Waals surface area contributed by atoms with Crippen LogP contribution in [-0.4, -0.2) is 176 Å². The molecule has 119 heavy (non-hydrogen) atoms. The van der Waals surface area contributed by atoms with E-state index in [1.54, 1.807) is 0 Å². The van der Waals surface area contributed by atoms with Gasteiger partial charge in [0.05, 0.1) is 51.1 Å². The minimum absolute atomic E-state index is 0.0918. The van der Waals surface area contributed by atoms with E-state index < -0.39 is 174 Å². The summed E-state index contributed by atoms with van der Waals surface area (Å²) < 4.78 is 61.8. The molecular weight excluding hydrogens is 1540 g/mol. The van der Waals surface area contributed by atoms with Gasteiger partial charge in [-0.3, -0.25) is 33.3 Å². The molecule has 2 heterocycles. The standard InChI is InChI=1S/C93H173N2O23P/c1-7-13-19-25-31-37-43-49-55-61-73(97)67-79(99)94-85-89(116-83(103)68-74(98)62-56-50-44-38-32-26-20-14-8-2)87(105)78(114-91(85)92(106)107)72-111-93-86(95-80(100)69-75(63-57-51-45-39-33-27-21-15-9-3)112-81(101)65-59-53-47-41-35-29-23-17-11-5)90(88(77(71-96)115-93)118-119(108,109)110)117-84(104)70-76(64-58-52-46-40-34-28-22-16-10-4)113-82(102)66-60-54-48-42-36-30-24-18-12-6/h73-78,85-91,93,96-98,105H,7-72H2,1-6H3,(H,94,99)(H,95,100)(H,106,107)(H2,108,109,110)/t73-,74-,75?,76?,77-,78?,85-,86-,87-,88-,89-,90-,91+,93-/m1/s1. The molecule has 2 rings (SSSR count). The number of amides is 2. The maximum Gasteiger partial charge on any atom is 0.470 e. The number of unbranched alkanes of at least 4 members (excludes halogenated alkanes) is 48. The summed E-state index contributed by atoms with van der Waals surface area (Å²) in [5.74, 6) is -6.53. The number of aliphatic carboxylic acids is 1. The summed E-state index contributed by atoms with van der Waals surface area (Å²) >= 11 is 0. The Morgan fingerprint density at radius 3 is 1.06 bits per heavy atom. The van der Waals surface area contributed by atoms with Gasteiger partial charge in [-0.15, -0.1) is 0 Å². The first-order valence-corrected chi connectivity index (χ1v) is 50.0. The van der Waals surface area contributed by atoms with Crippen molar-refractivity contribution in [3.8, 4) is 0 Å². The molecule has 0 spiro atoms.